The first kappa shape index (κ1) is 16.7. The molecule has 1 aromatic heterocycles. The third kappa shape index (κ3) is 2.08. The molecule has 140 valence electrons. The van der Waals surface area contributed by atoms with Gasteiger partial charge in [-0.1, -0.05) is 32.0 Å². The number of rotatable bonds is 1. The Hall–Kier alpha value is -2.43. The fourth-order valence-corrected chi connectivity index (χ4v) is 5.71. The van der Waals surface area contributed by atoms with Crippen molar-refractivity contribution in [3.63, 3.8) is 0 Å². The number of carbonyl (C=O) groups excluding carboxylic acids is 2. The molecule has 1 aromatic carbocycles. The van der Waals surface area contributed by atoms with Gasteiger partial charge >= 0.3 is 5.97 Å². The highest BCUT2D eigenvalue weighted by molar-refractivity contribution is 5.87. The van der Waals surface area contributed by atoms with Gasteiger partial charge < -0.3 is 9.64 Å². The van der Waals surface area contributed by atoms with Crippen LogP contribution in [0.4, 0.5) is 0 Å². The molecular formula is C22H24N2O3. The van der Waals surface area contributed by atoms with E-state index in [1.54, 1.807) is 0 Å². The van der Waals surface area contributed by atoms with E-state index in [1.807, 2.05) is 36.9 Å². The lowest BCUT2D eigenvalue weighted by atomic mass is 9.59. The molecule has 5 nitrogen and oxygen atoms in total. The Balaban J connectivity index is 1.65. The van der Waals surface area contributed by atoms with E-state index in [4.69, 9.17) is 9.72 Å². The number of nitrogens with zero attached hydrogens (tertiary/aromatic N) is 2. The van der Waals surface area contributed by atoms with Crippen LogP contribution in [-0.4, -0.2) is 28.4 Å². The van der Waals surface area contributed by atoms with Crippen molar-refractivity contribution in [1.82, 2.24) is 9.88 Å². The molecule has 5 atom stereocenters. The van der Waals surface area contributed by atoms with E-state index in [9.17, 15) is 9.59 Å². The molecule has 3 aliphatic rings. The first-order valence-corrected chi connectivity index (χ1v) is 9.82. The number of amides is 1. The smallest absolute Gasteiger partial charge is 0.312 e. The molecule has 27 heavy (non-hydrogen) atoms. The minimum Gasteiger partial charge on any atom is -0.464 e. The minimum atomic E-state index is -0.621. The Morgan fingerprint density at radius 3 is 2.85 bits per heavy atom. The number of esters is 1. The van der Waals surface area contributed by atoms with Crippen molar-refractivity contribution < 1.29 is 14.3 Å². The Morgan fingerprint density at radius 2 is 2.07 bits per heavy atom. The highest BCUT2D eigenvalue weighted by Gasteiger charge is 2.60. The minimum absolute atomic E-state index is 0.0169. The number of cyclic esters (lactones) is 1. The van der Waals surface area contributed by atoms with E-state index in [-0.39, 0.29) is 42.3 Å². The van der Waals surface area contributed by atoms with E-state index < -0.39 is 5.41 Å². The lowest BCUT2D eigenvalue weighted by Gasteiger charge is -2.52. The summed E-state index contributed by atoms with van der Waals surface area (Å²) >= 11 is 0. The van der Waals surface area contributed by atoms with Gasteiger partial charge in [-0.2, -0.15) is 0 Å². The molecule has 5 unspecified atom stereocenters. The quantitative estimate of drug-likeness (QED) is 0.727. The standard InChI is InChI=1S/C22H24N2O3/c1-4-22(3)17-12(2)19-18-14(9-13-7-5-6-8-16(13)23-18)10-24(19)20(25)15(17)11-27-21(22)26/h5-9,12,15,17,19H,4,10-11H2,1-3H3. The second kappa shape index (κ2) is 5.54. The topological polar surface area (TPSA) is 59.5 Å². The number of para-hydroxylation sites is 1. The van der Waals surface area contributed by atoms with Crippen LogP contribution in [0.2, 0.25) is 0 Å². The van der Waals surface area contributed by atoms with Gasteiger partial charge in [0, 0.05) is 11.9 Å². The van der Waals surface area contributed by atoms with Crippen molar-refractivity contribution in [2.75, 3.05) is 6.61 Å². The maximum Gasteiger partial charge on any atom is 0.312 e. The zero-order valence-electron chi connectivity index (χ0n) is 15.9. The average molecular weight is 364 g/mol. The third-order valence-corrected chi connectivity index (χ3v) is 7.22. The van der Waals surface area contributed by atoms with E-state index in [2.05, 4.69) is 19.1 Å². The molecule has 0 aliphatic carbocycles. The van der Waals surface area contributed by atoms with Crippen molar-refractivity contribution in [3.8, 4) is 0 Å². The summed E-state index contributed by atoms with van der Waals surface area (Å²) in [6, 6.07) is 10.2. The SMILES string of the molecule is CCC1(C)C(=O)OCC2C(=O)N3Cc4cc5ccccc5nc4C3C(C)C21. The Morgan fingerprint density at radius 1 is 1.30 bits per heavy atom. The first-order valence-electron chi connectivity index (χ1n) is 9.82. The number of ether oxygens (including phenoxy) is 1. The van der Waals surface area contributed by atoms with E-state index in [0.717, 1.165) is 22.2 Å². The molecule has 0 radical (unpaired) electrons. The van der Waals surface area contributed by atoms with Gasteiger partial charge in [0.05, 0.1) is 28.6 Å². The van der Waals surface area contributed by atoms with Gasteiger partial charge in [0.2, 0.25) is 5.91 Å². The van der Waals surface area contributed by atoms with Crippen LogP contribution in [0, 0.1) is 23.2 Å². The van der Waals surface area contributed by atoms with Crippen LogP contribution in [0.25, 0.3) is 10.9 Å². The van der Waals surface area contributed by atoms with Gasteiger partial charge in [-0.3, -0.25) is 14.6 Å². The molecule has 1 amide bonds. The number of hydrogen-bond acceptors (Lipinski definition) is 4. The molecule has 0 spiro atoms. The summed E-state index contributed by atoms with van der Waals surface area (Å²) in [6.45, 7) is 6.97. The maximum absolute atomic E-state index is 13.4. The molecule has 0 bridgehead atoms. The van der Waals surface area contributed by atoms with Gasteiger partial charge in [0.15, 0.2) is 0 Å². The molecule has 0 saturated carbocycles. The Bertz CT molecular complexity index is 971. The van der Waals surface area contributed by atoms with E-state index >= 15 is 0 Å². The molecule has 3 aliphatic heterocycles. The van der Waals surface area contributed by atoms with Crippen LogP contribution in [0.1, 0.15) is 44.5 Å². The van der Waals surface area contributed by atoms with Crippen LogP contribution < -0.4 is 0 Å². The Kier molecular flexibility index (Phi) is 3.43. The summed E-state index contributed by atoms with van der Waals surface area (Å²) in [6.07, 6.45) is 0.676. The predicted octanol–water partition coefficient (Wildman–Crippen LogP) is 3.47. The van der Waals surface area contributed by atoms with Gasteiger partial charge in [-0.25, -0.2) is 0 Å². The maximum atomic E-state index is 13.4. The number of carbonyl (C=O) groups is 2. The van der Waals surface area contributed by atoms with Crippen molar-refractivity contribution >= 4 is 22.8 Å². The number of fused-ring (bicyclic) bond motifs is 5. The van der Waals surface area contributed by atoms with Gasteiger partial charge in [0.1, 0.15) is 6.61 Å². The van der Waals surface area contributed by atoms with Gasteiger partial charge in [0.25, 0.3) is 0 Å². The zero-order chi connectivity index (χ0) is 18.9. The second-order valence-corrected chi connectivity index (χ2v) is 8.50. The van der Waals surface area contributed by atoms with Crippen molar-refractivity contribution in [2.45, 2.75) is 39.8 Å². The third-order valence-electron chi connectivity index (χ3n) is 7.22. The second-order valence-electron chi connectivity index (χ2n) is 8.50. The number of aromatic nitrogens is 1. The average Bonchev–Trinajstić information content (AvgIpc) is 3.05. The highest BCUT2D eigenvalue weighted by Crippen LogP contribution is 2.56. The molecule has 4 heterocycles. The normalized spacial score (nSPS) is 34.9. The summed E-state index contributed by atoms with van der Waals surface area (Å²) in [5.41, 5.74) is 2.47. The summed E-state index contributed by atoms with van der Waals surface area (Å²) < 4.78 is 5.46. The first-order chi connectivity index (χ1) is 13.0. The Labute approximate surface area is 158 Å². The zero-order valence-corrected chi connectivity index (χ0v) is 15.9. The lowest BCUT2D eigenvalue weighted by Crippen LogP contribution is -2.60. The van der Waals surface area contributed by atoms with Gasteiger partial charge in [-0.15, -0.1) is 0 Å². The van der Waals surface area contributed by atoms with Crippen LogP contribution >= 0.6 is 0 Å². The van der Waals surface area contributed by atoms with Crippen molar-refractivity contribution in [2.24, 2.45) is 23.2 Å². The fourth-order valence-electron chi connectivity index (χ4n) is 5.71. The summed E-state index contributed by atoms with van der Waals surface area (Å²) in [5, 5.41) is 1.10. The van der Waals surface area contributed by atoms with Crippen LogP contribution in [0.5, 0.6) is 0 Å². The number of piperidine rings is 1. The molecule has 2 fully saturated rings. The summed E-state index contributed by atoms with van der Waals surface area (Å²) in [4.78, 5) is 32.9. The molecular weight excluding hydrogens is 340 g/mol. The number of pyridine rings is 1. The monoisotopic (exact) mass is 364 g/mol. The molecule has 2 aromatic rings. The predicted molar refractivity (Wildman–Crippen MR) is 101 cm³/mol. The number of hydrogen-bond donors (Lipinski definition) is 0. The summed E-state index contributed by atoms with van der Waals surface area (Å²) in [5.74, 6) is -0.166. The van der Waals surface area contributed by atoms with Crippen molar-refractivity contribution in [3.05, 3.63) is 41.6 Å². The molecule has 0 N–H and O–H groups in total. The largest absolute Gasteiger partial charge is 0.464 e. The summed E-state index contributed by atoms with van der Waals surface area (Å²) in [7, 11) is 0. The fraction of sp³-hybridized carbons (Fsp3) is 0.500. The van der Waals surface area contributed by atoms with E-state index in [0.29, 0.717) is 13.0 Å². The lowest BCUT2D eigenvalue weighted by molar-refractivity contribution is -0.191. The molecule has 2 saturated heterocycles. The van der Waals surface area contributed by atoms with Crippen LogP contribution in [-0.2, 0) is 20.9 Å². The van der Waals surface area contributed by atoms with Crippen molar-refractivity contribution in [1.29, 1.82) is 0 Å². The van der Waals surface area contributed by atoms with Crippen LogP contribution in [0.15, 0.2) is 30.3 Å². The highest BCUT2D eigenvalue weighted by atomic mass is 16.5. The number of benzene rings is 1. The molecule has 5 rings (SSSR count). The van der Waals surface area contributed by atoms with Gasteiger partial charge in [-0.05, 0) is 42.9 Å². The molecule has 5 heteroatoms. The van der Waals surface area contributed by atoms with E-state index in [1.165, 1.54) is 0 Å². The van der Waals surface area contributed by atoms with Crippen LogP contribution in [0.3, 0.4) is 0 Å².